The fourth-order valence-corrected chi connectivity index (χ4v) is 3.78. The third-order valence-electron chi connectivity index (χ3n) is 3.99. The van der Waals surface area contributed by atoms with E-state index in [1.165, 1.54) is 0 Å². The fraction of sp³-hybridized carbons (Fsp3) is 0.571. The zero-order valence-electron chi connectivity index (χ0n) is 12.0. The van der Waals surface area contributed by atoms with Crippen molar-refractivity contribution in [3.05, 3.63) is 23.5 Å². The third-order valence-corrected chi connectivity index (χ3v) is 5.40. The van der Waals surface area contributed by atoms with Crippen molar-refractivity contribution in [1.29, 1.82) is 0 Å². The number of benzene rings is 1. The molecule has 1 saturated carbocycles. The maximum absolute atomic E-state index is 13.8. The van der Waals surface area contributed by atoms with Gasteiger partial charge in [-0.3, -0.25) is 0 Å². The van der Waals surface area contributed by atoms with Crippen LogP contribution in [0.3, 0.4) is 0 Å². The smallest absolute Gasteiger partial charge is 0.243 e. The van der Waals surface area contributed by atoms with Gasteiger partial charge in [-0.25, -0.2) is 17.5 Å². The topological polar surface area (TPSA) is 92.4 Å². The van der Waals surface area contributed by atoms with E-state index in [9.17, 15) is 17.9 Å². The zero-order valence-corrected chi connectivity index (χ0v) is 12.8. The van der Waals surface area contributed by atoms with Crippen LogP contribution in [0.15, 0.2) is 17.0 Å². The molecule has 0 bridgehead atoms. The quantitative estimate of drug-likeness (QED) is 0.737. The molecule has 21 heavy (non-hydrogen) atoms. The lowest BCUT2D eigenvalue weighted by molar-refractivity contribution is 0.00944. The van der Waals surface area contributed by atoms with E-state index >= 15 is 0 Å². The Bertz CT molecular complexity index is 625. The van der Waals surface area contributed by atoms with Crippen LogP contribution in [-0.2, 0) is 10.0 Å². The molecule has 1 aliphatic rings. The van der Waals surface area contributed by atoms with Gasteiger partial charge in [0.25, 0.3) is 0 Å². The zero-order chi connectivity index (χ0) is 15.7. The van der Waals surface area contributed by atoms with Crippen molar-refractivity contribution in [2.75, 3.05) is 12.3 Å². The molecule has 0 spiro atoms. The second-order valence-corrected chi connectivity index (χ2v) is 7.48. The molecule has 5 nitrogen and oxygen atoms in total. The monoisotopic (exact) mass is 316 g/mol. The molecule has 4 N–H and O–H groups in total. The Morgan fingerprint density at radius 3 is 2.57 bits per heavy atom. The average Bonchev–Trinajstić information content (AvgIpc) is 2.42. The van der Waals surface area contributed by atoms with E-state index in [2.05, 4.69) is 4.72 Å². The number of halogens is 1. The molecule has 0 aromatic heterocycles. The largest absolute Gasteiger partial charge is 0.398 e. The summed E-state index contributed by atoms with van der Waals surface area (Å²) in [6.07, 6.45) is 3.87. The summed E-state index contributed by atoms with van der Waals surface area (Å²) >= 11 is 0. The summed E-state index contributed by atoms with van der Waals surface area (Å²) in [7, 11) is -4.03. The third kappa shape index (κ3) is 3.72. The van der Waals surface area contributed by atoms with Crippen LogP contribution in [0.2, 0.25) is 0 Å². The molecule has 1 aliphatic carbocycles. The van der Waals surface area contributed by atoms with E-state index in [1.807, 2.05) is 0 Å². The normalized spacial score (nSPS) is 18.6. The number of nitrogens with one attached hydrogen (secondary N) is 1. The minimum absolute atomic E-state index is 0.109. The predicted octanol–water partition coefficient (Wildman–Crippen LogP) is 1.69. The molecular weight excluding hydrogens is 295 g/mol. The molecule has 0 aliphatic heterocycles. The molecule has 0 atom stereocenters. The van der Waals surface area contributed by atoms with E-state index < -0.39 is 26.3 Å². The molecule has 0 unspecified atom stereocenters. The Kier molecular flexibility index (Phi) is 4.55. The van der Waals surface area contributed by atoms with Gasteiger partial charge in [0.1, 0.15) is 10.7 Å². The summed E-state index contributed by atoms with van der Waals surface area (Å²) in [5.41, 5.74) is 5.30. The van der Waals surface area contributed by atoms with Crippen LogP contribution in [0.1, 0.15) is 37.7 Å². The molecule has 0 radical (unpaired) electrons. The molecule has 0 amide bonds. The first-order valence-corrected chi connectivity index (χ1v) is 8.49. The number of aryl methyl sites for hydroxylation is 1. The van der Waals surface area contributed by atoms with Crippen LogP contribution in [0.25, 0.3) is 0 Å². The summed E-state index contributed by atoms with van der Waals surface area (Å²) in [5, 5.41) is 10.3. The number of hydrogen-bond acceptors (Lipinski definition) is 4. The minimum atomic E-state index is -4.03. The maximum atomic E-state index is 13.8. The standard InChI is InChI=1S/C14H21FN2O3S/c1-10-7-11(15)13(8-12(10)16)21(19,20)17-9-14(18)5-3-2-4-6-14/h7-8,17-18H,2-6,9,16H2,1H3. The van der Waals surface area contributed by atoms with Gasteiger partial charge in [0, 0.05) is 12.2 Å². The van der Waals surface area contributed by atoms with Crippen LogP contribution < -0.4 is 10.5 Å². The second-order valence-electron chi connectivity index (χ2n) is 5.75. The van der Waals surface area contributed by atoms with Gasteiger partial charge in [-0.1, -0.05) is 19.3 Å². The Hall–Kier alpha value is -1.18. The van der Waals surface area contributed by atoms with Crippen LogP contribution >= 0.6 is 0 Å². The van der Waals surface area contributed by atoms with Gasteiger partial charge in [0.2, 0.25) is 10.0 Å². The van der Waals surface area contributed by atoms with E-state index in [4.69, 9.17) is 5.73 Å². The van der Waals surface area contributed by atoms with E-state index in [-0.39, 0.29) is 12.2 Å². The van der Waals surface area contributed by atoms with Crippen LogP contribution in [0, 0.1) is 12.7 Å². The number of aliphatic hydroxyl groups is 1. The Labute approximate surface area is 124 Å². The van der Waals surface area contributed by atoms with Gasteiger partial charge >= 0.3 is 0 Å². The highest BCUT2D eigenvalue weighted by Crippen LogP contribution is 2.28. The van der Waals surface area contributed by atoms with Gasteiger partial charge in [-0.05, 0) is 37.5 Å². The lowest BCUT2D eigenvalue weighted by Gasteiger charge is -2.32. The average molecular weight is 316 g/mol. The SMILES string of the molecule is Cc1cc(F)c(S(=O)(=O)NCC2(O)CCCCC2)cc1N. The van der Waals surface area contributed by atoms with Crippen molar-refractivity contribution < 1.29 is 17.9 Å². The van der Waals surface area contributed by atoms with E-state index in [0.29, 0.717) is 18.4 Å². The molecule has 0 saturated heterocycles. The maximum Gasteiger partial charge on any atom is 0.243 e. The second kappa shape index (κ2) is 5.90. The Morgan fingerprint density at radius 2 is 1.95 bits per heavy atom. The van der Waals surface area contributed by atoms with Crippen LogP contribution in [-0.4, -0.2) is 25.7 Å². The minimum Gasteiger partial charge on any atom is -0.398 e. The van der Waals surface area contributed by atoms with Gasteiger partial charge < -0.3 is 10.8 Å². The number of rotatable bonds is 4. The number of sulfonamides is 1. The molecule has 118 valence electrons. The predicted molar refractivity (Wildman–Crippen MR) is 78.8 cm³/mol. The first-order chi connectivity index (χ1) is 9.73. The van der Waals surface area contributed by atoms with Crippen molar-refractivity contribution in [2.45, 2.75) is 49.5 Å². The first kappa shape index (κ1) is 16.2. The lowest BCUT2D eigenvalue weighted by Crippen LogP contribution is -2.44. The first-order valence-electron chi connectivity index (χ1n) is 7.01. The lowest BCUT2D eigenvalue weighted by atomic mass is 9.85. The number of nitrogen functional groups attached to an aromatic ring is 1. The molecule has 2 rings (SSSR count). The van der Waals surface area contributed by atoms with E-state index in [1.54, 1.807) is 6.92 Å². The van der Waals surface area contributed by atoms with Gasteiger partial charge in [-0.2, -0.15) is 0 Å². The summed E-state index contributed by atoms with van der Waals surface area (Å²) in [5.74, 6) is -0.843. The van der Waals surface area contributed by atoms with Crippen molar-refractivity contribution in [3.63, 3.8) is 0 Å². The summed E-state index contributed by atoms with van der Waals surface area (Å²) in [6, 6.07) is 2.21. The van der Waals surface area contributed by atoms with Crippen molar-refractivity contribution in [2.24, 2.45) is 0 Å². The van der Waals surface area contributed by atoms with Crippen molar-refractivity contribution in [3.8, 4) is 0 Å². The molecular formula is C14H21FN2O3S. The highest BCUT2D eigenvalue weighted by atomic mass is 32.2. The molecule has 1 aromatic carbocycles. The molecule has 1 aromatic rings. The van der Waals surface area contributed by atoms with E-state index in [0.717, 1.165) is 31.4 Å². The van der Waals surface area contributed by atoms with Crippen LogP contribution in [0.4, 0.5) is 10.1 Å². The number of hydrogen-bond donors (Lipinski definition) is 3. The molecule has 1 fully saturated rings. The summed E-state index contributed by atoms with van der Waals surface area (Å²) in [4.78, 5) is -0.481. The fourth-order valence-electron chi connectivity index (χ4n) is 2.57. The highest BCUT2D eigenvalue weighted by molar-refractivity contribution is 7.89. The van der Waals surface area contributed by atoms with Gasteiger partial charge in [0.15, 0.2) is 0 Å². The number of anilines is 1. The molecule has 7 heteroatoms. The Morgan fingerprint density at radius 1 is 1.33 bits per heavy atom. The summed E-state index contributed by atoms with van der Waals surface area (Å²) in [6.45, 7) is 1.50. The van der Waals surface area contributed by atoms with Gasteiger partial charge in [-0.15, -0.1) is 0 Å². The van der Waals surface area contributed by atoms with Crippen LogP contribution in [0.5, 0.6) is 0 Å². The number of nitrogens with two attached hydrogens (primary N) is 1. The Balaban J connectivity index is 2.17. The van der Waals surface area contributed by atoms with Crippen molar-refractivity contribution >= 4 is 15.7 Å². The van der Waals surface area contributed by atoms with Gasteiger partial charge in [0.05, 0.1) is 5.60 Å². The highest BCUT2D eigenvalue weighted by Gasteiger charge is 2.31. The van der Waals surface area contributed by atoms with Crippen molar-refractivity contribution in [1.82, 2.24) is 4.72 Å². The molecule has 0 heterocycles. The summed E-state index contributed by atoms with van der Waals surface area (Å²) < 4.78 is 40.5.